The smallest absolute Gasteiger partial charge is 0.368 e. The number of aryl methyl sites for hydroxylation is 1. The Bertz CT molecular complexity index is 1260. The lowest BCUT2D eigenvalue weighted by molar-refractivity contribution is -0.140. The molecule has 3 aromatic rings. The number of anilines is 2. The standard InChI is InChI=1S/C22H23F3N8O2/c1-12-8-15(28-19(9-12)29-18-10-14(5-6-27-18)22(23,24)25)16-11-33(31-30-16)13(2)21(35)32-7-3-4-17(32)20(26)34/h5-6,8-11,13,17H,3-4,7H2,1-2H3,(H2,26,34)(H,27,28,29)/t13-,17?/m0/s1. The lowest BCUT2D eigenvalue weighted by Crippen LogP contribution is -2.46. The number of hydrogen-bond acceptors (Lipinski definition) is 7. The number of primary amides is 1. The minimum atomic E-state index is -4.50. The Morgan fingerprint density at radius 2 is 1.97 bits per heavy atom. The van der Waals surface area contributed by atoms with Crippen molar-refractivity contribution < 1.29 is 22.8 Å². The Labute approximate surface area is 198 Å². The summed E-state index contributed by atoms with van der Waals surface area (Å²) in [6, 6.07) is 3.80. The number of hydrogen-bond donors (Lipinski definition) is 2. The van der Waals surface area contributed by atoms with Gasteiger partial charge in [0.15, 0.2) is 0 Å². The van der Waals surface area contributed by atoms with Gasteiger partial charge in [0, 0.05) is 12.7 Å². The normalized spacial score (nSPS) is 16.8. The third-order valence-corrected chi connectivity index (χ3v) is 5.70. The van der Waals surface area contributed by atoms with E-state index < -0.39 is 29.7 Å². The lowest BCUT2D eigenvalue weighted by Gasteiger charge is -2.25. The van der Waals surface area contributed by atoms with E-state index in [1.807, 2.05) is 0 Å². The first-order valence-corrected chi connectivity index (χ1v) is 10.8. The third-order valence-electron chi connectivity index (χ3n) is 5.70. The molecule has 2 amide bonds. The molecule has 1 aliphatic heterocycles. The molecular formula is C22H23F3N8O2. The van der Waals surface area contributed by atoms with E-state index in [1.54, 1.807) is 32.2 Å². The molecule has 1 unspecified atom stereocenters. The second-order valence-electron chi connectivity index (χ2n) is 8.32. The number of amides is 2. The minimum absolute atomic E-state index is 0.0126. The number of carbonyl (C=O) groups excluding carboxylic acids is 2. The molecule has 13 heteroatoms. The van der Waals surface area contributed by atoms with Gasteiger partial charge in [-0.25, -0.2) is 14.6 Å². The Kier molecular flexibility index (Phi) is 6.41. The average Bonchev–Trinajstić information content (AvgIpc) is 3.47. The van der Waals surface area contributed by atoms with Crippen molar-refractivity contribution in [3.8, 4) is 11.4 Å². The van der Waals surface area contributed by atoms with Gasteiger partial charge in [-0.05, 0) is 56.5 Å². The number of likely N-dealkylation sites (tertiary alicyclic amines) is 1. The van der Waals surface area contributed by atoms with Crippen LogP contribution in [0.4, 0.5) is 24.8 Å². The molecule has 0 aromatic carbocycles. The molecule has 3 N–H and O–H groups in total. The molecular weight excluding hydrogens is 465 g/mol. The first kappa shape index (κ1) is 24.1. The molecule has 0 radical (unpaired) electrons. The molecule has 184 valence electrons. The van der Waals surface area contributed by atoms with E-state index in [0.717, 1.165) is 23.9 Å². The number of nitrogens with zero attached hydrogens (tertiary/aromatic N) is 6. The molecule has 3 aromatic heterocycles. The maximum absolute atomic E-state index is 13.0. The van der Waals surface area contributed by atoms with Crippen LogP contribution in [0.15, 0.2) is 36.7 Å². The van der Waals surface area contributed by atoms with Gasteiger partial charge in [0.05, 0.1) is 17.5 Å². The van der Waals surface area contributed by atoms with Crippen molar-refractivity contribution in [2.24, 2.45) is 5.73 Å². The Morgan fingerprint density at radius 1 is 1.20 bits per heavy atom. The van der Waals surface area contributed by atoms with Crippen molar-refractivity contribution >= 4 is 23.5 Å². The molecule has 0 bridgehead atoms. The second kappa shape index (κ2) is 9.31. The summed E-state index contributed by atoms with van der Waals surface area (Å²) in [5.74, 6) is -0.576. The molecule has 4 heterocycles. The van der Waals surface area contributed by atoms with Crippen LogP contribution in [0.1, 0.15) is 36.9 Å². The predicted octanol–water partition coefficient (Wildman–Crippen LogP) is 2.84. The van der Waals surface area contributed by atoms with Crippen molar-refractivity contribution in [1.82, 2.24) is 29.9 Å². The second-order valence-corrected chi connectivity index (χ2v) is 8.32. The number of carbonyl (C=O) groups is 2. The van der Waals surface area contributed by atoms with Gasteiger partial charge in [0.2, 0.25) is 11.8 Å². The summed E-state index contributed by atoms with van der Waals surface area (Å²) in [6.45, 7) is 3.88. The molecule has 2 atom stereocenters. The van der Waals surface area contributed by atoms with Gasteiger partial charge in [-0.1, -0.05) is 5.21 Å². The fourth-order valence-electron chi connectivity index (χ4n) is 3.93. The van der Waals surface area contributed by atoms with Gasteiger partial charge >= 0.3 is 6.18 Å². The van der Waals surface area contributed by atoms with Crippen LogP contribution in [0.2, 0.25) is 0 Å². The van der Waals surface area contributed by atoms with Crippen molar-refractivity contribution in [2.45, 2.75) is 44.9 Å². The topological polar surface area (TPSA) is 132 Å². The maximum atomic E-state index is 13.0. The summed E-state index contributed by atoms with van der Waals surface area (Å²) in [6.07, 6.45) is -0.663. The average molecular weight is 488 g/mol. The molecule has 1 aliphatic rings. The SMILES string of the molecule is Cc1cc(Nc2cc(C(F)(F)F)ccn2)nc(-c2cn([C@@H](C)C(=O)N3CCCC3C(N)=O)nn2)c1. The van der Waals surface area contributed by atoms with Gasteiger partial charge in [0.1, 0.15) is 29.4 Å². The molecule has 0 spiro atoms. The third kappa shape index (κ3) is 5.23. The van der Waals surface area contributed by atoms with Gasteiger partial charge in [0.25, 0.3) is 0 Å². The summed E-state index contributed by atoms with van der Waals surface area (Å²) in [7, 11) is 0. The van der Waals surface area contributed by atoms with E-state index in [9.17, 15) is 22.8 Å². The summed E-state index contributed by atoms with van der Waals surface area (Å²) in [5.41, 5.74) is 6.12. The van der Waals surface area contributed by atoms with E-state index in [1.165, 1.54) is 9.58 Å². The Morgan fingerprint density at radius 3 is 2.69 bits per heavy atom. The molecule has 1 saturated heterocycles. The van der Waals surface area contributed by atoms with Crippen LogP contribution in [0.3, 0.4) is 0 Å². The van der Waals surface area contributed by atoms with E-state index in [2.05, 4.69) is 25.6 Å². The van der Waals surface area contributed by atoms with Crippen LogP contribution < -0.4 is 11.1 Å². The Hall–Kier alpha value is -4.03. The van der Waals surface area contributed by atoms with Crippen LogP contribution in [0, 0.1) is 6.92 Å². The van der Waals surface area contributed by atoms with Crippen molar-refractivity contribution in [3.63, 3.8) is 0 Å². The van der Waals surface area contributed by atoms with Crippen LogP contribution >= 0.6 is 0 Å². The van der Waals surface area contributed by atoms with Crippen molar-refractivity contribution in [1.29, 1.82) is 0 Å². The summed E-state index contributed by atoms with van der Waals surface area (Å²) in [4.78, 5) is 34.4. The Balaban J connectivity index is 1.55. The summed E-state index contributed by atoms with van der Waals surface area (Å²) >= 11 is 0. The largest absolute Gasteiger partial charge is 0.416 e. The van der Waals surface area contributed by atoms with Gasteiger partial charge < -0.3 is 16.0 Å². The predicted molar refractivity (Wildman–Crippen MR) is 119 cm³/mol. The van der Waals surface area contributed by atoms with Crippen molar-refractivity contribution in [3.05, 3.63) is 47.8 Å². The molecule has 10 nitrogen and oxygen atoms in total. The number of aromatic nitrogens is 5. The number of halogens is 3. The number of nitrogens with one attached hydrogen (secondary N) is 1. The van der Waals surface area contributed by atoms with Crippen molar-refractivity contribution in [2.75, 3.05) is 11.9 Å². The first-order valence-electron chi connectivity index (χ1n) is 10.8. The molecule has 4 rings (SSSR count). The highest BCUT2D eigenvalue weighted by atomic mass is 19.4. The minimum Gasteiger partial charge on any atom is -0.368 e. The zero-order valence-electron chi connectivity index (χ0n) is 19.0. The number of alkyl halides is 3. The van der Waals surface area contributed by atoms with Crippen LogP contribution in [-0.2, 0) is 15.8 Å². The van der Waals surface area contributed by atoms with E-state index >= 15 is 0 Å². The van der Waals surface area contributed by atoms with Gasteiger partial charge in [-0.3, -0.25) is 9.59 Å². The van der Waals surface area contributed by atoms with Gasteiger partial charge in [-0.2, -0.15) is 13.2 Å². The summed E-state index contributed by atoms with van der Waals surface area (Å²) in [5, 5.41) is 10.9. The summed E-state index contributed by atoms with van der Waals surface area (Å²) < 4.78 is 40.4. The molecule has 0 saturated carbocycles. The fraction of sp³-hybridized carbons (Fsp3) is 0.364. The first-order chi connectivity index (χ1) is 16.5. The highest BCUT2D eigenvalue weighted by Gasteiger charge is 2.35. The highest BCUT2D eigenvalue weighted by Crippen LogP contribution is 2.31. The molecule has 0 aliphatic carbocycles. The quantitative estimate of drug-likeness (QED) is 0.545. The molecule has 35 heavy (non-hydrogen) atoms. The van der Waals surface area contributed by atoms with E-state index in [-0.39, 0.29) is 17.5 Å². The number of pyridine rings is 2. The zero-order valence-corrected chi connectivity index (χ0v) is 19.0. The monoisotopic (exact) mass is 488 g/mol. The van der Waals surface area contributed by atoms with Gasteiger partial charge in [-0.15, -0.1) is 5.10 Å². The number of rotatable bonds is 6. The van der Waals surface area contributed by atoms with Crippen LogP contribution in [-0.4, -0.2) is 54.3 Å². The van der Waals surface area contributed by atoms with E-state index in [0.29, 0.717) is 30.8 Å². The molecule has 1 fully saturated rings. The lowest BCUT2D eigenvalue weighted by atomic mass is 10.2. The fourth-order valence-corrected chi connectivity index (χ4v) is 3.93. The number of nitrogens with two attached hydrogens (primary N) is 1. The van der Waals surface area contributed by atoms with Crippen LogP contribution in [0.5, 0.6) is 0 Å². The zero-order chi connectivity index (χ0) is 25.3. The van der Waals surface area contributed by atoms with E-state index in [4.69, 9.17) is 5.73 Å². The van der Waals surface area contributed by atoms with Crippen LogP contribution in [0.25, 0.3) is 11.4 Å². The highest BCUT2D eigenvalue weighted by molar-refractivity contribution is 5.88. The maximum Gasteiger partial charge on any atom is 0.416 e.